The van der Waals surface area contributed by atoms with Crippen molar-refractivity contribution >= 4 is 34.8 Å². The van der Waals surface area contributed by atoms with E-state index >= 15 is 0 Å². The highest BCUT2D eigenvalue weighted by Gasteiger charge is 2.40. The number of carbonyl (C=O) groups is 3. The van der Waals surface area contributed by atoms with E-state index in [-0.39, 0.29) is 30.3 Å². The lowest BCUT2D eigenvalue weighted by Crippen LogP contribution is -2.56. The van der Waals surface area contributed by atoms with Gasteiger partial charge in [0.2, 0.25) is 11.8 Å². The number of piperidine rings is 2. The lowest BCUT2D eigenvalue weighted by molar-refractivity contribution is -0.123. The van der Waals surface area contributed by atoms with Crippen LogP contribution in [0.4, 0.5) is 17.1 Å². The van der Waals surface area contributed by atoms with Gasteiger partial charge in [0.25, 0.3) is 5.91 Å². The number of amides is 3. The largest absolute Gasteiger partial charge is 0.358 e. The number of likely N-dealkylation sites (tertiary alicyclic amines) is 1. The number of carbonyl (C=O) groups excluding carboxylic acids is 3. The molecule has 0 aromatic heterocycles. The minimum absolute atomic E-state index is 0.00105. The molecule has 7 heteroatoms. The van der Waals surface area contributed by atoms with Gasteiger partial charge >= 0.3 is 0 Å². The molecule has 5 rings (SSSR count). The molecule has 3 aliphatic heterocycles. The Labute approximate surface area is 207 Å². The molecule has 1 atom stereocenters. The SMILES string of the molecule is CCc1ccc(NC(=O)CN2C(=O)[C@H]3CCCCN3c3ccc(C(=O)N4CCCCC4)cc32)cc1. The molecule has 3 amide bonds. The van der Waals surface area contributed by atoms with E-state index in [0.29, 0.717) is 16.9 Å². The Hall–Kier alpha value is -3.35. The molecule has 35 heavy (non-hydrogen) atoms. The predicted molar refractivity (Wildman–Crippen MR) is 138 cm³/mol. The Morgan fingerprint density at radius 3 is 2.40 bits per heavy atom. The second-order valence-electron chi connectivity index (χ2n) is 9.78. The second-order valence-corrected chi connectivity index (χ2v) is 9.78. The summed E-state index contributed by atoms with van der Waals surface area (Å²) in [6.45, 7) is 4.36. The van der Waals surface area contributed by atoms with Crippen molar-refractivity contribution < 1.29 is 14.4 Å². The predicted octanol–water partition coefficient (Wildman–Crippen LogP) is 4.22. The maximum Gasteiger partial charge on any atom is 0.253 e. The fourth-order valence-corrected chi connectivity index (χ4v) is 5.50. The minimum atomic E-state index is -0.253. The Morgan fingerprint density at radius 1 is 0.914 bits per heavy atom. The van der Waals surface area contributed by atoms with Gasteiger partial charge in [-0.3, -0.25) is 19.3 Å². The highest BCUT2D eigenvalue weighted by atomic mass is 16.2. The fraction of sp³-hybridized carbons (Fsp3) is 0.464. The number of hydrogen-bond donors (Lipinski definition) is 1. The molecule has 7 nitrogen and oxygen atoms in total. The van der Waals surface area contributed by atoms with Crippen molar-refractivity contribution in [2.75, 3.05) is 41.3 Å². The molecule has 0 unspecified atom stereocenters. The molecule has 0 aliphatic carbocycles. The van der Waals surface area contributed by atoms with Crippen molar-refractivity contribution in [1.29, 1.82) is 0 Å². The molecular weight excluding hydrogens is 440 g/mol. The molecule has 184 valence electrons. The van der Waals surface area contributed by atoms with Gasteiger partial charge in [-0.05, 0) is 80.8 Å². The molecule has 3 heterocycles. The summed E-state index contributed by atoms with van der Waals surface area (Å²) in [4.78, 5) is 45.5. The van der Waals surface area contributed by atoms with Crippen molar-refractivity contribution in [1.82, 2.24) is 4.90 Å². The van der Waals surface area contributed by atoms with E-state index in [9.17, 15) is 14.4 Å². The van der Waals surface area contributed by atoms with Gasteiger partial charge in [-0.2, -0.15) is 0 Å². The normalized spacial score (nSPS) is 19.7. The summed E-state index contributed by atoms with van der Waals surface area (Å²) in [5.41, 5.74) is 4.09. The van der Waals surface area contributed by atoms with Crippen LogP contribution in [-0.2, 0) is 16.0 Å². The molecule has 2 aromatic carbocycles. The zero-order valence-corrected chi connectivity index (χ0v) is 20.5. The number of benzene rings is 2. The third-order valence-corrected chi connectivity index (χ3v) is 7.47. The summed E-state index contributed by atoms with van der Waals surface area (Å²) in [6.07, 6.45) is 6.95. The first-order valence-corrected chi connectivity index (χ1v) is 13.0. The molecule has 2 saturated heterocycles. The van der Waals surface area contributed by atoms with Gasteiger partial charge in [0.1, 0.15) is 12.6 Å². The van der Waals surface area contributed by atoms with E-state index in [2.05, 4.69) is 17.1 Å². The van der Waals surface area contributed by atoms with Gasteiger partial charge in [0.15, 0.2) is 0 Å². The Bertz CT molecular complexity index is 1110. The van der Waals surface area contributed by atoms with Crippen LogP contribution in [-0.4, -0.2) is 54.8 Å². The molecular formula is C28H34N4O3. The topological polar surface area (TPSA) is 73.0 Å². The molecule has 2 aromatic rings. The molecule has 1 N–H and O–H groups in total. The standard InChI is InChI=1S/C28H34N4O3/c1-2-20-9-12-22(13-10-20)29-26(33)19-32-25-18-21(27(34)30-15-5-3-6-16-30)11-14-23(25)31-17-7-4-8-24(31)28(32)35/h9-14,18,24H,2-8,15-17,19H2,1H3,(H,29,33)/t24-/m1/s1. The first-order chi connectivity index (χ1) is 17.0. The van der Waals surface area contributed by atoms with Crippen molar-refractivity contribution in [2.24, 2.45) is 0 Å². The van der Waals surface area contributed by atoms with Crippen LogP contribution in [0.2, 0.25) is 0 Å². The molecule has 0 spiro atoms. The van der Waals surface area contributed by atoms with Crippen LogP contribution < -0.4 is 15.1 Å². The third-order valence-electron chi connectivity index (χ3n) is 7.47. The summed E-state index contributed by atoms with van der Waals surface area (Å²) in [6, 6.07) is 13.2. The monoisotopic (exact) mass is 474 g/mol. The second kappa shape index (κ2) is 10.1. The van der Waals surface area contributed by atoms with Crippen molar-refractivity contribution in [3.8, 4) is 0 Å². The average Bonchev–Trinajstić information content (AvgIpc) is 2.91. The Morgan fingerprint density at radius 2 is 1.66 bits per heavy atom. The van der Waals surface area contributed by atoms with E-state index in [1.165, 1.54) is 5.56 Å². The summed E-state index contributed by atoms with van der Waals surface area (Å²) < 4.78 is 0. The van der Waals surface area contributed by atoms with E-state index < -0.39 is 0 Å². The van der Waals surface area contributed by atoms with Crippen LogP contribution in [0.3, 0.4) is 0 Å². The van der Waals surface area contributed by atoms with Crippen LogP contribution >= 0.6 is 0 Å². The summed E-state index contributed by atoms with van der Waals surface area (Å²) >= 11 is 0. The smallest absolute Gasteiger partial charge is 0.253 e. The van der Waals surface area contributed by atoms with Crippen LogP contribution in [0.25, 0.3) is 0 Å². The highest BCUT2D eigenvalue weighted by Crippen LogP contribution is 2.40. The molecule has 2 fully saturated rings. The molecule has 0 radical (unpaired) electrons. The number of hydrogen-bond acceptors (Lipinski definition) is 4. The van der Waals surface area contributed by atoms with E-state index in [0.717, 1.165) is 70.3 Å². The van der Waals surface area contributed by atoms with Crippen molar-refractivity contribution in [3.05, 3.63) is 53.6 Å². The zero-order valence-electron chi connectivity index (χ0n) is 20.5. The van der Waals surface area contributed by atoms with E-state index in [1.54, 1.807) is 4.90 Å². The maximum absolute atomic E-state index is 13.6. The number of aryl methyl sites for hydroxylation is 1. The molecule has 0 bridgehead atoms. The fourth-order valence-electron chi connectivity index (χ4n) is 5.50. The zero-order chi connectivity index (χ0) is 24.4. The Balaban J connectivity index is 1.42. The first kappa shape index (κ1) is 23.4. The van der Waals surface area contributed by atoms with Crippen LogP contribution in [0, 0.1) is 0 Å². The highest BCUT2D eigenvalue weighted by molar-refractivity contribution is 6.11. The van der Waals surface area contributed by atoms with E-state index in [4.69, 9.17) is 0 Å². The number of fused-ring (bicyclic) bond motifs is 3. The summed E-state index contributed by atoms with van der Waals surface area (Å²) in [7, 11) is 0. The quantitative estimate of drug-likeness (QED) is 0.704. The third kappa shape index (κ3) is 4.77. The van der Waals surface area contributed by atoms with Gasteiger partial charge in [0.05, 0.1) is 11.4 Å². The Kier molecular flexibility index (Phi) is 6.75. The van der Waals surface area contributed by atoms with Crippen molar-refractivity contribution in [2.45, 2.75) is 57.9 Å². The van der Waals surface area contributed by atoms with Gasteiger partial charge in [0, 0.05) is 30.9 Å². The summed E-state index contributed by atoms with van der Waals surface area (Å²) in [5.74, 6) is -0.303. The lowest BCUT2D eigenvalue weighted by atomic mass is 9.95. The molecule has 3 aliphatic rings. The number of anilines is 3. The van der Waals surface area contributed by atoms with Crippen molar-refractivity contribution in [3.63, 3.8) is 0 Å². The number of nitrogens with zero attached hydrogens (tertiary/aromatic N) is 3. The minimum Gasteiger partial charge on any atom is -0.358 e. The molecule has 0 saturated carbocycles. The maximum atomic E-state index is 13.6. The van der Waals surface area contributed by atoms with Crippen LogP contribution in [0.5, 0.6) is 0 Å². The van der Waals surface area contributed by atoms with E-state index in [1.807, 2.05) is 47.4 Å². The van der Waals surface area contributed by atoms with Crippen LogP contribution in [0.1, 0.15) is 61.4 Å². The lowest BCUT2D eigenvalue weighted by Gasteiger charge is -2.45. The number of nitrogens with one attached hydrogen (secondary N) is 1. The average molecular weight is 475 g/mol. The van der Waals surface area contributed by atoms with Gasteiger partial charge in [-0.1, -0.05) is 19.1 Å². The number of rotatable bonds is 5. The first-order valence-electron chi connectivity index (χ1n) is 13.0. The summed E-state index contributed by atoms with van der Waals surface area (Å²) in [5, 5.41) is 2.93. The van der Waals surface area contributed by atoms with Crippen LogP contribution in [0.15, 0.2) is 42.5 Å². The van der Waals surface area contributed by atoms with Gasteiger partial charge in [-0.25, -0.2) is 0 Å². The van der Waals surface area contributed by atoms with Gasteiger partial charge in [-0.15, -0.1) is 0 Å². The van der Waals surface area contributed by atoms with Gasteiger partial charge < -0.3 is 15.1 Å².